The van der Waals surface area contributed by atoms with Crippen LogP contribution >= 0.6 is 0 Å². The van der Waals surface area contributed by atoms with Gasteiger partial charge in [-0.15, -0.1) is 0 Å². The monoisotopic (exact) mass is 319 g/mol. The minimum absolute atomic E-state index is 0.310. The normalized spacial score (nSPS) is 12.0. The molecule has 0 amide bonds. The molecule has 0 saturated heterocycles. The van der Waals surface area contributed by atoms with Crippen LogP contribution in [0.2, 0.25) is 0 Å². The van der Waals surface area contributed by atoms with Crippen LogP contribution in [0.15, 0.2) is 18.2 Å². The molecule has 0 spiro atoms. The second kappa shape index (κ2) is 6.73. The molecule has 0 aliphatic rings. The van der Waals surface area contributed by atoms with Gasteiger partial charge in [0.1, 0.15) is 5.75 Å². The van der Waals surface area contributed by atoms with E-state index in [4.69, 9.17) is 9.47 Å². The summed E-state index contributed by atoms with van der Waals surface area (Å²) in [7, 11) is 3.20. The molecule has 0 aliphatic carbocycles. The van der Waals surface area contributed by atoms with Crippen molar-refractivity contribution < 1.29 is 23.8 Å². The number of carbonyl (C=O) groups excluding carboxylic acids is 2. The number of carbonyl (C=O) groups is 2. The van der Waals surface area contributed by atoms with Crippen LogP contribution in [-0.2, 0) is 21.3 Å². The van der Waals surface area contributed by atoms with Crippen LogP contribution in [-0.4, -0.2) is 36.3 Å². The van der Waals surface area contributed by atoms with Crippen molar-refractivity contribution in [3.05, 3.63) is 29.5 Å². The lowest BCUT2D eigenvalue weighted by Crippen LogP contribution is -2.24. The Labute approximate surface area is 134 Å². The predicted octanol–water partition coefficient (Wildman–Crippen LogP) is 2.60. The number of rotatable bonds is 5. The maximum Gasteiger partial charge on any atom is 0.346 e. The number of aryl methyl sites for hydroxylation is 1. The van der Waals surface area contributed by atoms with Crippen LogP contribution in [0, 0.1) is 6.92 Å². The Bertz CT molecular complexity index is 747. The summed E-state index contributed by atoms with van der Waals surface area (Å²) >= 11 is 0. The van der Waals surface area contributed by atoms with Crippen LogP contribution in [0.3, 0.4) is 0 Å². The lowest BCUT2D eigenvalue weighted by atomic mass is 10.1. The first-order valence-corrected chi connectivity index (χ1v) is 7.41. The Morgan fingerprint density at radius 3 is 2.61 bits per heavy atom. The van der Waals surface area contributed by atoms with E-state index in [9.17, 15) is 9.59 Å². The van der Waals surface area contributed by atoms with Gasteiger partial charge in [-0.2, -0.15) is 0 Å². The Hall–Kier alpha value is -2.50. The summed E-state index contributed by atoms with van der Waals surface area (Å²) in [6.45, 7) is 5.55. The molecule has 0 unspecified atom stereocenters. The van der Waals surface area contributed by atoms with Gasteiger partial charge in [-0.3, -0.25) is 0 Å². The fourth-order valence-corrected chi connectivity index (χ4v) is 2.50. The number of methoxy groups -OCH3 is 1. The summed E-state index contributed by atoms with van der Waals surface area (Å²) in [5.41, 5.74) is 2.22. The van der Waals surface area contributed by atoms with E-state index in [2.05, 4.69) is 4.74 Å². The maximum absolute atomic E-state index is 12.2. The number of esters is 2. The molecule has 1 atom stereocenters. The smallest absolute Gasteiger partial charge is 0.346 e. The van der Waals surface area contributed by atoms with E-state index < -0.39 is 12.1 Å². The Morgan fingerprint density at radius 2 is 2.00 bits per heavy atom. The number of benzene rings is 1. The third kappa shape index (κ3) is 3.16. The van der Waals surface area contributed by atoms with Gasteiger partial charge in [-0.05, 0) is 39.0 Å². The number of aromatic nitrogens is 1. The van der Waals surface area contributed by atoms with Gasteiger partial charge in [0.15, 0.2) is 6.10 Å². The standard InChI is InChI=1S/C17H21NO5/c1-6-22-17(20)15-10(2)18(4)14-8-7-12(9-13(14)15)23-11(3)16(19)21-5/h7-9,11H,6H2,1-5H3/t11-/m0/s1. The summed E-state index contributed by atoms with van der Waals surface area (Å²) in [5.74, 6) is -0.333. The highest BCUT2D eigenvalue weighted by atomic mass is 16.6. The van der Waals surface area contributed by atoms with Crippen molar-refractivity contribution in [2.24, 2.45) is 7.05 Å². The molecule has 0 radical (unpaired) electrons. The molecule has 1 aromatic heterocycles. The molecule has 0 N–H and O–H groups in total. The molecule has 0 fully saturated rings. The number of nitrogens with zero attached hydrogens (tertiary/aromatic N) is 1. The zero-order chi connectivity index (χ0) is 17.1. The van der Waals surface area contributed by atoms with Crippen molar-refractivity contribution in [1.82, 2.24) is 4.57 Å². The van der Waals surface area contributed by atoms with E-state index >= 15 is 0 Å². The third-order valence-electron chi connectivity index (χ3n) is 3.79. The van der Waals surface area contributed by atoms with Crippen LogP contribution in [0.4, 0.5) is 0 Å². The summed E-state index contributed by atoms with van der Waals surface area (Å²) in [4.78, 5) is 23.7. The second-order valence-corrected chi connectivity index (χ2v) is 5.20. The van der Waals surface area contributed by atoms with E-state index in [1.165, 1.54) is 7.11 Å². The second-order valence-electron chi connectivity index (χ2n) is 5.20. The van der Waals surface area contributed by atoms with E-state index in [0.29, 0.717) is 17.9 Å². The van der Waals surface area contributed by atoms with Crippen molar-refractivity contribution in [3.8, 4) is 5.75 Å². The molecule has 0 bridgehead atoms. The fourth-order valence-electron chi connectivity index (χ4n) is 2.50. The van der Waals surface area contributed by atoms with Crippen molar-refractivity contribution in [1.29, 1.82) is 0 Å². The zero-order valence-electron chi connectivity index (χ0n) is 14.0. The lowest BCUT2D eigenvalue weighted by molar-refractivity contribution is -0.147. The number of ether oxygens (including phenoxy) is 3. The van der Waals surface area contributed by atoms with E-state index in [1.54, 1.807) is 26.0 Å². The molecular formula is C17H21NO5. The van der Waals surface area contributed by atoms with Crippen molar-refractivity contribution in [2.75, 3.05) is 13.7 Å². The van der Waals surface area contributed by atoms with Gasteiger partial charge in [0, 0.05) is 23.6 Å². The maximum atomic E-state index is 12.2. The Morgan fingerprint density at radius 1 is 1.30 bits per heavy atom. The van der Waals surface area contributed by atoms with Crippen LogP contribution in [0.25, 0.3) is 10.9 Å². The largest absolute Gasteiger partial charge is 0.479 e. The molecular weight excluding hydrogens is 298 g/mol. The van der Waals surface area contributed by atoms with Gasteiger partial charge in [0.25, 0.3) is 0 Å². The molecule has 23 heavy (non-hydrogen) atoms. The summed E-state index contributed by atoms with van der Waals surface area (Å²) in [5, 5.41) is 0.734. The quantitative estimate of drug-likeness (QED) is 0.793. The molecule has 2 aromatic rings. The lowest BCUT2D eigenvalue weighted by Gasteiger charge is -2.12. The predicted molar refractivity (Wildman–Crippen MR) is 85.7 cm³/mol. The highest BCUT2D eigenvalue weighted by Crippen LogP contribution is 2.29. The summed E-state index contributed by atoms with van der Waals surface area (Å²) in [6, 6.07) is 5.36. The molecule has 0 aliphatic heterocycles. The Balaban J connectivity index is 2.47. The van der Waals surface area contributed by atoms with E-state index in [0.717, 1.165) is 16.6 Å². The van der Waals surface area contributed by atoms with Gasteiger partial charge in [-0.1, -0.05) is 0 Å². The van der Waals surface area contributed by atoms with Gasteiger partial charge >= 0.3 is 11.9 Å². The van der Waals surface area contributed by atoms with Crippen molar-refractivity contribution in [3.63, 3.8) is 0 Å². The molecule has 6 nitrogen and oxygen atoms in total. The molecule has 0 saturated carbocycles. The molecule has 1 aromatic carbocycles. The minimum atomic E-state index is -0.728. The van der Waals surface area contributed by atoms with Crippen LogP contribution < -0.4 is 4.74 Å². The van der Waals surface area contributed by atoms with Gasteiger partial charge in [-0.25, -0.2) is 9.59 Å². The average Bonchev–Trinajstić information content (AvgIpc) is 2.77. The van der Waals surface area contributed by atoms with E-state index in [1.807, 2.05) is 24.6 Å². The molecule has 2 rings (SSSR count). The van der Waals surface area contributed by atoms with Gasteiger partial charge in [0.2, 0.25) is 0 Å². The highest BCUT2D eigenvalue weighted by Gasteiger charge is 2.21. The number of hydrogen-bond donors (Lipinski definition) is 0. The zero-order valence-corrected chi connectivity index (χ0v) is 14.0. The van der Waals surface area contributed by atoms with Crippen molar-refractivity contribution >= 4 is 22.8 Å². The minimum Gasteiger partial charge on any atom is -0.479 e. The van der Waals surface area contributed by atoms with Crippen LogP contribution in [0.1, 0.15) is 29.9 Å². The van der Waals surface area contributed by atoms with Crippen LogP contribution in [0.5, 0.6) is 5.75 Å². The number of fused-ring (bicyclic) bond motifs is 1. The van der Waals surface area contributed by atoms with E-state index in [-0.39, 0.29) is 5.97 Å². The molecule has 124 valence electrons. The topological polar surface area (TPSA) is 66.8 Å². The summed E-state index contributed by atoms with van der Waals surface area (Å²) in [6.07, 6.45) is -0.728. The molecule has 6 heteroatoms. The average molecular weight is 319 g/mol. The summed E-state index contributed by atoms with van der Waals surface area (Å²) < 4.78 is 17.3. The van der Waals surface area contributed by atoms with Gasteiger partial charge < -0.3 is 18.8 Å². The first-order chi connectivity index (χ1) is 10.9. The first-order valence-electron chi connectivity index (χ1n) is 7.41. The van der Waals surface area contributed by atoms with Crippen molar-refractivity contribution in [2.45, 2.75) is 26.9 Å². The highest BCUT2D eigenvalue weighted by molar-refractivity contribution is 6.06. The first kappa shape index (κ1) is 16.9. The fraction of sp³-hybridized carbons (Fsp3) is 0.412. The third-order valence-corrected chi connectivity index (χ3v) is 3.79. The number of hydrogen-bond acceptors (Lipinski definition) is 5. The Kier molecular flexibility index (Phi) is 4.93. The van der Waals surface area contributed by atoms with Gasteiger partial charge in [0.05, 0.1) is 19.3 Å². The SMILES string of the molecule is CCOC(=O)c1c(C)n(C)c2ccc(O[C@@H](C)C(=O)OC)cc12. The molecule has 1 heterocycles.